The highest BCUT2D eigenvalue weighted by atomic mass is 19.4. The molecule has 1 N–H and O–H groups in total. The summed E-state index contributed by atoms with van der Waals surface area (Å²) in [5, 5.41) is 8.87. The monoisotopic (exact) mass is 249 g/mol. The Hall–Kier alpha value is -1.79. The summed E-state index contributed by atoms with van der Waals surface area (Å²) in [5.74, 6) is -1.88. The molecule has 0 aliphatic carbocycles. The number of ether oxygens (including phenoxy) is 1. The van der Waals surface area contributed by atoms with E-state index in [1.807, 2.05) is 0 Å². The highest BCUT2D eigenvalue weighted by Crippen LogP contribution is 2.32. The smallest absolute Gasteiger partial charge is 0.433 e. The zero-order valence-corrected chi connectivity index (χ0v) is 9.13. The summed E-state index contributed by atoms with van der Waals surface area (Å²) in [5.41, 5.74) is -1.55. The van der Waals surface area contributed by atoms with Crippen molar-refractivity contribution in [2.45, 2.75) is 20.0 Å². The summed E-state index contributed by atoms with van der Waals surface area (Å²) < 4.78 is 42.2. The van der Waals surface area contributed by atoms with Gasteiger partial charge in [-0.1, -0.05) is 0 Å². The van der Waals surface area contributed by atoms with Crippen molar-refractivity contribution in [3.63, 3.8) is 0 Å². The largest absolute Gasteiger partial charge is 0.477 e. The van der Waals surface area contributed by atoms with Gasteiger partial charge in [-0.3, -0.25) is 0 Å². The van der Waals surface area contributed by atoms with E-state index >= 15 is 0 Å². The number of nitrogens with zero attached hydrogens (tertiary/aromatic N) is 1. The van der Waals surface area contributed by atoms with Crippen LogP contribution in [-0.4, -0.2) is 22.7 Å². The predicted molar refractivity (Wildman–Crippen MR) is 52.1 cm³/mol. The van der Waals surface area contributed by atoms with E-state index in [1.165, 1.54) is 13.8 Å². The molecule has 0 spiro atoms. The molecule has 0 atom stereocenters. The van der Waals surface area contributed by atoms with E-state index in [4.69, 9.17) is 9.84 Å². The van der Waals surface area contributed by atoms with E-state index in [1.54, 1.807) is 0 Å². The standard InChI is InChI=1S/C10H10F3NO3/c1-3-17-8-7(9(15)16)5(2)4-6(14-8)10(11,12)13/h4H,3H2,1-2H3,(H,15,16). The van der Waals surface area contributed by atoms with E-state index in [0.717, 1.165) is 0 Å². The summed E-state index contributed by atoms with van der Waals surface area (Å²) in [6.45, 7) is 2.83. The first kappa shape index (κ1) is 13.3. The number of aromatic nitrogens is 1. The summed E-state index contributed by atoms with van der Waals surface area (Å²) in [6, 6.07) is 0.686. The average molecular weight is 249 g/mol. The van der Waals surface area contributed by atoms with Gasteiger partial charge >= 0.3 is 12.1 Å². The van der Waals surface area contributed by atoms with Crippen molar-refractivity contribution < 1.29 is 27.8 Å². The lowest BCUT2D eigenvalue weighted by Gasteiger charge is -2.12. The van der Waals surface area contributed by atoms with Crippen molar-refractivity contribution in [2.75, 3.05) is 6.61 Å². The Morgan fingerprint density at radius 3 is 2.53 bits per heavy atom. The summed E-state index contributed by atoms with van der Waals surface area (Å²) in [7, 11) is 0. The highest BCUT2D eigenvalue weighted by Gasteiger charge is 2.34. The molecule has 0 bridgehead atoms. The first-order chi connectivity index (χ1) is 7.77. The maximum atomic E-state index is 12.5. The fourth-order valence-electron chi connectivity index (χ4n) is 1.29. The minimum atomic E-state index is -4.63. The third-order valence-corrected chi connectivity index (χ3v) is 1.97. The molecule has 94 valence electrons. The molecular formula is C10H10F3NO3. The molecule has 0 aliphatic rings. The second-order valence-corrected chi connectivity index (χ2v) is 3.24. The van der Waals surface area contributed by atoms with Crippen molar-refractivity contribution >= 4 is 5.97 Å². The SMILES string of the molecule is CCOc1nc(C(F)(F)F)cc(C)c1C(=O)O. The molecule has 0 unspecified atom stereocenters. The Morgan fingerprint density at radius 1 is 1.53 bits per heavy atom. The van der Waals surface area contributed by atoms with E-state index in [9.17, 15) is 18.0 Å². The van der Waals surface area contributed by atoms with Crippen molar-refractivity contribution in [1.82, 2.24) is 4.98 Å². The Balaban J connectivity index is 3.41. The van der Waals surface area contributed by atoms with Gasteiger partial charge in [0.2, 0.25) is 5.88 Å². The van der Waals surface area contributed by atoms with Gasteiger partial charge in [-0.25, -0.2) is 9.78 Å². The maximum Gasteiger partial charge on any atom is 0.433 e. The van der Waals surface area contributed by atoms with Crippen molar-refractivity contribution in [3.05, 3.63) is 22.9 Å². The number of hydrogen-bond donors (Lipinski definition) is 1. The number of rotatable bonds is 3. The summed E-state index contributed by atoms with van der Waals surface area (Å²) in [6.07, 6.45) is -4.63. The summed E-state index contributed by atoms with van der Waals surface area (Å²) in [4.78, 5) is 14.1. The Labute approximate surface area is 95.0 Å². The van der Waals surface area contributed by atoms with Crippen LogP contribution in [0.3, 0.4) is 0 Å². The molecule has 0 radical (unpaired) electrons. The molecule has 4 nitrogen and oxygen atoms in total. The van der Waals surface area contributed by atoms with Gasteiger partial charge in [0.25, 0.3) is 0 Å². The zero-order chi connectivity index (χ0) is 13.2. The number of carboxylic acid groups (broad SMARTS) is 1. The van der Waals surface area contributed by atoms with Crippen LogP contribution in [-0.2, 0) is 6.18 Å². The lowest BCUT2D eigenvalue weighted by Crippen LogP contribution is -2.14. The molecule has 1 rings (SSSR count). The minimum absolute atomic E-state index is 0.0357. The molecule has 0 aromatic carbocycles. The van der Waals surface area contributed by atoms with Gasteiger partial charge in [0.1, 0.15) is 11.3 Å². The molecular weight excluding hydrogens is 239 g/mol. The van der Waals surface area contributed by atoms with Gasteiger partial charge in [0.15, 0.2) is 0 Å². The van der Waals surface area contributed by atoms with Crippen molar-refractivity contribution in [3.8, 4) is 5.88 Å². The molecule has 7 heteroatoms. The first-order valence-corrected chi connectivity index (χ1v) is 4.72. The first-order valence-electron chi connectivity index (χ1n) is 4.72. The number of pyridine rings is 1. The molecule has 0 aliphatic heterocycles. The molecule has 17 heavy (non-hydrogen) atoms. The van der Waals surface area contributed by atoms with Crippen LogP contribution in [0.4, 0.5) is 13.2 Å². The molecule has 0 fully saturated rings. The van der Waals surface area contributed by atoms with Crippen molar-refractivity contribution in [1.29, 1.82) is 0 Å². The quantitative estimate of drug-likeness (QED) is 0.894. The number of aromatic carboxylic acids is 1. The van der Waals surface area contributed by atoms with Gasteiger partial charge in [-0.2, -0.15) is 13.2 Å². The Kier molecular flexibility index (Phi) is 3.59. The molecule has 0 saturated heterocycles. The van der Waals surface area contributed by atoms with Gasteiger partial charge in [0.05, 0.1) is 6.61 Å². The maximum absolute atomic E-state index is 12.5. The number of alkyl halides is 3. The third kappa shape index (κ3) is 2.86. The Morgan fingerprint density at radius 2 is 2.12 bits per heavy atom. The number of halogens is 3. The normalized spacial score (nSPS) is 11.4. The van der Waals surface area contributed by atoms with Crippen LogP contribution in [0.1, 0.15) is 28.5 Å². The van der Waals surface area contributed by atoms with E-state index in [0.29, 0.717) is 6.07 Å². The van der Waals surface area contributed by atoms with Crippen LogP contribution in [0, 0.1) is 6.92 Å². The Bertz CT molecular complexity index is 443. The lowest BCUT2D eigenvalue weighted by molar-refractivity contribution is -0.141. The van der Waals surface area contributed by atoms with Crippen molar-refractivity contribution in [2.24, 2.45) is 0 Å². The second-order valence-electron chi connectivity index (χ2n) is 3.24. The molecule has 1 aromatic rings. The average Bonchev–Trinajstić information content (AvgIpc) is 2.15. The fraction of sp³-hybridized carbons (Fsp3) is 0.400. The lowest BCUT2D eigenvalue weighted by atomic mass is 10.1. The van der Waals surface area contributed by atoms with Gasteiger partial charge in [-0.15, -0.1) is 0 Å². The molecule has 0 saturated carbocycles. The highest BCUT2D eigenvalue weighted by molar-refractivity contribution is 5.91. The predicted octanol–water partition coefficient (Wildman–Crippen LogP) is 2.51. The summed E-state index contributed by atoms with van der Waals surface area (Å²) >= 11 is 0. The minimum Gasteiger partial charge on any atom is -0.477 e. The van der Waals surface area contributed by atoms with Crippen LogP contribution in [0.25, 0.3) is 0 Å². The van der Waals surface area contributed by atoms with E-state index in [-0.39, 0.29) is 17.7 Å². The zero-order valence-electron chi connectivity index (χ0n) is 9.13. The third-order valence-electron chi connectivity index (χ3n) is 1.97. The molecule has 0 amide bonds. The van der Waals surface area contributed by atoms with Crippen LogP contribution < -0.4 is 4.74 Å². The topological polar surface area (TPSA) is 59.4 Å². The number of carbonyl (C=O) groups is 1. The number of hydrogen-bond acceptors (Lipinski definition) is 3. The van der Waals surface area contributed by atoms with Crippen LogP contribution in [0.5, 0.6) is 5.88 Å². The van der Waals surface area contributed by atoms with Gasteiger partial charge < -0.3 is 9.84 Å². The fourth-order valence-corrected chi connectivity index (χ4v) is 1.29. The van der Waals surface area contributed by atoms with Crippen LogP contribution >= 0.6 is 0 Å². The van der Waals surface area contributed by atoms with E-state index < -0.39 is 23.7 Å². The van der Waals surface area contributed by atoms with Gasteiger partial charge in [0, 0.05) is 0 Å². The second kappa shape index (κ2) is 4.60. The molecule has 1 heterocycles. The number of aryl methyl sites for hydroxylation is 1. The van der Waals surface area contributed by atoms with Crippen LogP contribution in [0.2, 0.25) is 0 Å². The molecule has 1 aromatic heterocycles. The van der Waals surface area contributed by atoms with Gasteiger partial charge in [-0.05, 0) is 25.5 Å². The number of carboxylic acids is 1. The van der Waals surface area contributed by atoms with E-state index in [2.05, 4.69) is 4.98 Å². The van der Waals surface area contributed by atoms with Crippen LogP contribution in [0.15, 0.2) is 6.07 Å².